The number of aromatic nitrogens is 1. The molecule has 1 aromatic heterocycles. The first-order valence-corrected chi connectivity index (χ1v) is 8.55. The normalized spacial score (nSPS) is 15.4. The SMILES string of the molecule is Cc1cc2ccccc2n1CC(=O)NCC1(c2ccccc2)CC1. The number of para-hydroxylation sites is 1. The second-order valence-electron chi connectivity index (χ2n) is 6.85. The molecule has 1 saturated carbocycles. The maximum absolute atomic E-state index is 12.5. The van der Waals surface area contributed by atoms with Gasteiger partial charge in [0.1, 0.15) is 6.54 Å². The lowest BCUT2D eigenvalue weighted by Gasteiger charge is -2.17. The highest BCUT2D eigenvalue weighted by Gasteiger charge is 2.44. The van der Waals surface area contributed by atoms with E-state index in [0.717, 1.165) is 30.6 Å². The molecule has 1 fully saturated rings. The number of hydrogen-bond donors (Lipinski definition) is 1. The molecule has 24 heavy (non-hydrogen) atoms. The third-order valence-corrected chi connectivity index (χ3v) is 5.18. The lowest BCUT2D eigenvalue weighted by Crippen LogP contribution is -2.34. The fourth-order valence-electron chi connectivity index (χ4n) is 3.54. The molecule has 3 aromatic rings. The van der Waals surface area contributed by atoms with E-state index in [1.165, 1.54) is 10.9 Å². The molecule has 0 bridgehead atoms. The Morgan fingerprint density at radius 2 is 1.79 bits per heavy atom. The summed E-state index contributed by atoms with van der Waals surface area (Å²) in [6.45, 7) is 3.16. The lowest BCUT2D eigenvalue weighted by molar-refractivity contribution is -0.121. The fraction of sp³-hybridized carbons (Fsp3) is 0.286. The molecule has 3 heteroatoms. The Bertz CT molecular complexity index is 875. The first-order valence-electron chi connectivity index (χ1n) is 8.55. The molecule has 1 aliphatic rings. The maximum Gasteiger partial charge on any atom is 0.239 e. The van der Waals surface area contributed by atoms with Crippen LogP contribution in [0.25, 0.3) is 10.9 Å². The van der Waals surface area contributed by atoms with E-state index < -0.39 is 0 Å². The van der Waals surface area contributed by atoms with Crippen molar-refractivity contribution in [2.24, 2.45) is 0 Å². The van der Waals surface area contributed by atoms with Crippen molar-refractivity contribution in [3.8, 4) is 0 Å². The zero-order valence-corrected chi connectivity index (χ0v) is 14.0. The Morgan fingerprint density at radius 3 is 2.54 bits per heavy atom. The van der Waals surface area contributed by atoms with Crippen LogP contribution in [-0.4, -0.2) is 17.0 Å². The Hall–Kier alpha value is -2.55. The highest BCUT2D eigenvalue weighted by atomic mass is 16.1. The Morgan fingerprint density at radius 1 is 1.08 bits per heavy atom. The largest absolute Gasteiger partial charge is 0.354 e. The molecule has 0 aliphatic heterocycles. The Labute approximate surface area is 142 Å². The minimum absolute atomic E-state index is 0.0849. The van der Waals surface area contributed by atoms with Crippen LogP contribution in [0.1, 0.15) is 24.1 Å². The highest BCUT2D eigenvalue weighted by Crippen LogP contribution is 2.47. The van der Waals surface area contributed by atoms with Gasteiger partial charge in [-0.25, -0.2) is 0 Å². The molecular formula is C21H22N2O. The summed E-state index contributed by atoms with van der Waals surface area (Å²) >= 11 is 0. The topological polar surface area (TPSA) is 34.0 Å². The Balaban J connectivity index is 1.45. The van der Waals surface area contributed by atoms with Crippen molar-refractivity contribution in [3.63, 3.8) is 0 Å². The minimum Gasteiger partial charge on any atom is -0.354 e. The molecule has 1 aliphatic carbocycles. The van der Waals surface area contributed by atoms with Gasteiger partial charge in [0.25, 0.3) is 0 Å². The quantitative estimate of drug-likeness (QED) is 0.763. The van der Waals surface area contributed by atoms with E-state index in [2.05, 4.69) is 59.3 Å². The van der Waals surface area contributed by atoms with Crippen LogP contribution in [0.3, 0.4) is 0 Å². The van der Waals surface area contributed by atoms with Crippen LogP contribution in [0.5, 0.6) is 0 Å². The molecule has 0 atom stereocenters. The molecule has 3 nitrogen and oxygen atoms in total. The molecule has 2 aromatic carbocycles. The van der Waals surface area contributed by atoms with Crippen molar-refractivity contribution in [1.29, 1.82) is 0 Å². The smallest absolute Gasteiger partial charge is 0.239 e. The maximum atomic E-state index is 12.5. The molecule has 0 saturated heterocycles. The van der Waals surface area contributed by atoms with Crippen LogP contribution in [0, 0.1) is 6.92 Å². The van der Waals surface area contributed by atoms with Gasteiger partial charge < -0.3 is 9.88 Å². The van der Waals surface area contributed by atoms with Gasteiger partial charge in [-0.3, -0.25) is 4.79 Å². The predicted octanol–water partition coefficient (Wildman–Crippen LogP) is 3.80. The molecule has 0 spiro atoms. The predicted molar refractivity (Wildman–Crippen MR) is 97.0 cm³/mol. The van der Waals surface area contributed by atoms with Crippen molar-refractivity contribution in [2.75, 3.05) is 6.54 Å². The summed E-state index contributed by atoms with van der Waals surface area (Å²) in [5.41, 5.74) is 3.74. The summed E-state index contributed by atoms with van der Waals surface area (Å²) in [5.74, 6) is 0.0849. The molecule has 4 rings (SSSR count). The number of carbonyl (C=O) groups excluding carboxylic acids is 1. The molecule has 1 amide bonds. The molecule has 0 unspecified atom stereocenters. The van der Waals surface area contributed by atoms with Crippen molar-refractivity contribution < 1.29 is 4.79 Å². The summed E-state index contributed by atoms with van der Waals surface area (Å²) in [7, 11) is 0. The number of hydrogen-bond acceptors (Lipinski definition) is 1. The van der Waals surface area contributed by atoms with Crippen molar-refractivity contribution in [1.82, 2.24) is 9.88 Å². The molecular weight excluding hydrogens is 296 g/mol. The van der Waals surface area contributed by atoms with Crippen LogP contribution in [-0.2, 0) is 16.8 Å². The number of fused-ring (bicyclic) bond motifs is 1. The lowest BCUT2D eigenvalue weighted by atomic mass is 9.96. The third-order valence-electron chi connectivity index (χ3n) is 5.18. The van der Waals surface area contributed by atoms with Crippen LogP contribution >= 0.6 is 0 Å². The van der Waals surface area contributed by atoms with Crippen LogP contribution in [0.2, 0.25) is 0 Å². The first kappa shape index (κ1) is 15.0. The summed E-state index contributed by atoms with van der Waals surface area (Å²) < 4.78 is 2.09. The van der Waals surface area contributed by atoms with E-state index in [4.69, 9.17) is 0 Å². The number of benzene rings is 2. The summed E-state index contributed by atoms with van der Waals surface area (Å²) in [6, 6.07) is 20.9. The summed E-state index contributed by atoms with van der Waals surface area (Å²) in [6.07, 6.45) is 2.31. The van der Waals surface area contributed by atoms with E-state index in [1.807, 2.05) is 18.2 Å². The van der Waals surface area contributed by atoms with Gasteiger partial charge in [0.05, 0.1) is 0 Å². The van der Waals surface area contributed by atoms with Crippen molar-refractivity contribution >= 4 is 16.8 Å². The van der Waals surface area contributed by atoms with Gasteiger partial charge >= 0.3 is 0 Å². The number of carbonyl (C=O) groups is 1. The van der Waals surface area contributed by atoms with Gasteiger partial charge in [-0.15, -0.1) is 0 Å². The molecule has 1 N–H and O–H groups in total. The van der Waals surface area contributed by atoms with Gasteiger partial charge in [0.15, 0.2) is 0 Å². The molecule has 122 valence electrons. The zero-order valence-electron chi connectivity index (χ0n) is 14.0. The number of aryl methyl sites for hydroxylation is 1. The monoisotopic (exact) mass is 318 g/mol. The van der Waals surface area contributed by atoms with Crippen molar-refractivity contribution in [2.45, 2.75) is 31.7 Å². The Kier molecular flexibility index (Phi) is 3.64. The standard InChI is InChI=1S/C21H22N2O/c1-16-13-17-7-5-6-10-19(17)23(16)14-20(24)22-15-21(11-12-21)18-8-3-2-4-9-18/h2-10,13H,11-12,14-15H2,1H3,(H,22,24). The van der Waals surface area contributed by atoms with Crippen LogP contribution < -0.4 is 5.32 Å². The van der Waals surface area contributed by atoms with Gasteiger partial charge in [-0.1, -0.05) is 48.5 Å². The highest BCUT2D eigenvalue weighted by molar-refractivity contribution is 5.84. The van der Waals surface area contributed by atoms with E-state index in [-0.39, 0.29) is 11.3 Å². The average Bonchev–Trinajstić information content (AvgIpc) is 3.34. The third kappa shape index (κ3) is 2.71. The van der Waals surface area contributed by atoms with Gasteiger partial charge in [0, 0.05) is 23.2 Å². The number of nitrogens with one attached hydrogen (secondary N) is 1. The first-order chi connectivity index (χ1) is 11.7. The molecule has 0 radical (unpaired) electrons. The second kappa shape index (κ2) is 5.82. The van der Waals surface area contributed by atoms with Crippen LogP contribution in [0.15, 0.2) is 60.7 Å². The van der Waals surface area contributed by atoms with Crippen molar-refractivity contribution in [3.05, 3.63) is 71.9 Å². The zero-order chi connectivity index (χ0) is 16.6. The summed E-state index contributed by atoms with van der Waals surface area (Å²) in [4.78, 5) is 12.5. The van der Waals surface area contributed by atoms with E-state index in [1.54, 1.807) is 0 Å². The van der Waals surface area contributed by atoms with Gasteiger partial charge in [0.2, 0.25) is 5.91 Å². The van der Waals surface area contributed by atoms with Gasteiger partial charge in [-0.2, -0.15) is 0 Å². The van der Waals surface area contributed by atoms with Crippen LogP contribution in [0.4, 0.5) is 0 Å². The minimum atomic E-state index is 0.0849. The van der Waals surface area contributed by atoms with Gasteiger partial charge in [-0.05, 0) is 42.8 Å². The fourth-order valence-corrected chi connectivity index (χ4v) is 3.54. The molecule has 1 heterocycles. The second-order valence-corrected chi connectivity index (χ2v) is 6.85. The van der Waals surface area contributed by atoms with E-state index in [0.29, 0.717) is 6.54 Å². The van der Waals surface area contributed by atoms with E-state index >= 15 is 0 Å². The number of rotatable bonds is 5. The van der Waals surface area contributed by atoms with E-state index in [9.17, 15) is 4.79 Å². The number of amides is 1. The number of nitrogens with zero attached hydrogens (tertiary/aromatic N) is 1. The summed E-state index contributed by atoms with van der Waals surface area (Å²) in [5, 5.41) is 4.34. The average molecular weight is 318 g/mol.